The van der Waals surface area contributed by atoms with Crippen LogP contribution in [0.4, 0.5) is 41.3 Å². The van der Waals surface area contributed by atoms with E-state index in [0.717, 1.165) is 30.2 Å². The molecule has 3 aromatic rings. The second-order valence-corrected chi connectivity index (χ2v) is 10.5. The van der Waals surface area contributed by atoms with Crippen LogP contribution in [-0.2, 0) is 11.0 Å². The molecule has 0 bridgehead atoms. The summed E-state index contributed by atoms with van der Waals surface area (Å²) in [5, 5.41) is 15.2. The Morgan fingerprint density at radius 2 is 1.82 bits per heavy atom. The lowest BCUT2D eigenvalue weighted by Crippen LogP contribution is -2.54. The van der Waals surface area contributed by atoms with Gasteiger partial charge in [0.15, 0.2) is 11.2 Å². The van der Waals surface area contributed by atoms with Crippen LogP contribution in [-0.4, -0.2) is 104 Å². The number of ether oxygens (including phenoxy) is 1. The molecular formula is C25H23F7N8O5. The number of carboxylic acid groups (broad SMARTS) is 1. The average molecular weight is 648 g/mol. The number of pyridine rings is 1. The molecule has 2 fully saturated rings. The van der Waals surface area contributed by atoms with Crippen molar-refractivity contribution in [2.45, 2.75) is 31.0 Å². The second kappa shape index (κ2) is 10.9. The number of amides is 3. The summed E-state index contributed by atoms with van der Waals surface area (Å²) in [4.78, 5) is 46.2. The van der Waals surface area contributed by atoms with Gasteiger partial charge < -0.3 is 30.7 Å². The summed E-state index contributed by atoms with van der Waals surface area (Å²) < 4.78 is 105. The molecule has 0 aliphatic carbocycles. The van der Waals surface area contributed by atoms with Crippen molar-refractivity contribution in [3.63, 3.8) is 0 Å². The molecule has 5 rings (SSSR count). The van der Waals surface area contributed by atoms with E-state index < -0.39 is 97.4 Å². The molecule has 13 nitrogen and oxygen atoms in total. The molecule has 2 aliphatic rings. The van der Waals surface area contributed by atoms with Gasteiger partial charge in [0, 0.05) is 31.4 Å². The minimum atomic E-state index is -5.15. The van der Waals surface area contributed by atoms with Gasteiger partial charge in [-0.25, -0.2) is 23.7 Å². The summed E-state index contributed by atoms with van der Waals surface area (Å²) in [5.74, 6) is -3.38. The third kappa shape index (κ3) is 5.37. The minimum absolute atomic E-state index is 0.0686. The Bertz CT molecular complexity index is 1680. The molecule has 0 radical (unpaired) electrons. The number of methoxy groups -OCH3 is 1. The highest BCUT2D eigenvalue weighted by atomic mass is 19.4. The number of alkyl halides is 7. The van der Waals surface area contributed by atoms with Gasteiger partial charge in [-0.1, -0.05) is 0 Å². The molecule has 2 saturated heterocycles. The van der Waals surface area contributed by atoms with Crippen molar-refractivity contribution in [2.24, 2.45) is 5.41 Å². The molecule has 0 aromatic carbocycles. The lowest BCUT2D eigenvalue weighted by Gasteiger charge is -2.33. The first kappa shape index (κ1) is 31.5. The minimum Gasteiger partial charge on any atom is -0.480 e. The number of nitrogens with one attached hydrogen (secondary N) is 1. The van der Waals surface area contributed by atoms with Gasteiger partial charge in [0.25, 0.3) is 5.91 Å². The van der Waals surface area contributed by atoms with Gasteiger partial charge in [0.1, 0.15) is 23.6 Å². The van der Waals surface area contributed by atoms with Gasteiger partial charge in [-0.2, -0.15) is 31.4 Å². The number of nitrogens with two attached hydrogens (primary N) is 1. The number of nitrogens with zero attached hydrogens (tertiary/aromatic N) is 6. The van der Waals surface area contributed by atoms with Crippen LogP contribution >= 0.6 is 0 Å². The first-order valence-electron chi connectivity index (χ1n) is 13.0. The van der Waals surface area contributed by atoms with Crippen LogP contribution in [0.15, 0.2) is 24.7 Å². The molecule has 3 aromatic heterocycles. The number of aromatic nitrogens is 4. The monoisotopic (exact) mass is 648 g/mol. The molecule has 5 heterocycles. The van der Waals surface area contributed by atoms with E-state index >= 15 is 4.39 Å². The Hall–Kier alpha value is -4.91. The van der Waals surface area contributed by atoms with E-state index in [1.54, 1.807) is 0 Å². The summed E-state index contributed by atoms with van der Waals surface area (Å²) in [6, 6.07) is 0.300. The largest absolute Gasteiger partial charge is 0.480 e. The zero-order chi connectivity index (χ0) is 33.1. The molecule has 3 amide bonds. The van der Waals surface area contributed by atoms with Crippen LogP contribution in [0, 0.1) is 5.41 Å². The maximum atomic E-state index is 15.1. The highest BCUT2D eigenvalue weighted by Crippen LogP contribution is 2.47. The van der Waals surface area contributed by atoms with E-state index in [1.165, 1.54) is 0 Å². The van der Waals surface area contributed by atoms with Crippen molar-refractivity contribution in [2.75, 3.05) is 39.0 Å². The summed E-state index contributed by atoms with van der Waals surface area (Å²) in [7, 11) is 1.13. The van der Waals surface area contributed by atoms with Crippen LogP contribution in [0.25, 0.3) is 16.8 Å². The lowest BCUT2D eigenvalue weighted by molar-refractivity contribution is -0.222. The van der Waals surface area contributed by atoms with E-state index in [-0.39, 0.29) is 22.7 Å². The number of halogens is 7. The zero-order valence-electron chi connectivity index (χ0n) is 23.0. The van der Waals surface area contributed by atoms with E-state index in [2.05, 4.69) is 20.4 Å². The Balaban J connectivity index is 1.41. The summed E-state index contributed by atoms with van der Waals surface area (Å²) >= 11 is 0. The third-order valence-corrected chi connectivity index (χ3v) is 7.82. The number of fused-ring (bicyclic) bond motifs is 1. The Morgan fingerprint density at radius 1 is 1.11 bits per heavy atom. The number of anilines is 1. The molecule has 2 aliphatic heterocycles. The summed E-state index contributed by atoms with van der Waals surface area (Å²) in [6.07, 6.45) is -12.5. The second-order valence-electron chi connectivity index (χ2n) is 10.5. The van der Waals surface area contributed by atoms with Gasteiger partial charge in [-0.15, -0.1) is 0 Å². The maximum Gasteiger partial charge on any atom is 0.418 e. The number of hydrogen-bond donors (Lipinski definition) is 3. The van der Waals surface area contributed by atoms with Gasteiger partial charge in [-0.3, -0.25) is 9.59 Å². The fourth-order valence-corrected chi connectivity index (χ4v) is 5.52. The lowest BCUT2D eigenvalue weighted by atomic mass is 9.84. The third-order valence-electron chi connectivity index (χ3n) is 7.82. The Kier molecular flexibility index (Phi) is 7.64. The standard InChI is InChI=1S/C25H23F7N8O5/c1-45-20-12(4-11(6-34-20)16-5-13(24(27,28)29)17-18(33)35-10-36-40(16)17)19(41)37-15-8-39(7-14(15)26)21(42)23(25(30,31)32)2-3-38(9-23)22(43)44/h4-6,10,14-15H,2-3,7-9H2,1H3,(H,37,41)(H,43,44)(H2,33,35,36)/t14-,15+,23?/m0/s1. The van der Waals surface area contributed by atoms with Crippen molar-refractivity contribution in [3.05, 3.63) is 35.8 Å². The van der Waals surface area contributed by atoms with Crippen LogP contribution in [0.2, 0.25) is 0 Å². The van der Waals surface area contributed by atoms with Crippen LogP contribution < -0.4 is 15.8 Å². The fraction of sp³-hybridized carbons (Fsp3) is 0.440. The first-order chi connectivity index (χ1) is 21.0. The van der Waals surface area contributed by atoms with Gasteiger partial charge >= 0.3 is 18.4 Å². The maximum absolute atomic E-state index is 15.1. The van der Waals surface area contributed by atoms with Gasteiger partial charge in [0.05, 0.1) is 31.0 Å². The normalized spacial score (nSPS) is 22.2. The van der Waals surface area contributed by atoms with E-state index in [9.17, 15) is 40.7 Å². The predicted molar refractivity (Wildman–Crippen MR) is 138 cm³/mol. The highest BCUT2D eigenvalue weighted by molar-refractivity contribution is 5.98. The van der Waals surface area contributed by atoms with Gasteiger partial charge in [-0.05, 0) is 18.6 Å². The molecule has 3 atom stereocenters. The van der Waals surface area contributed by atoms with E-state index in [0.29, 0.717) is 15.9 Å². The molecular weight excluding hydrogens is 625 g/mol. The zero-order valence-corrected chi connectivity index (χ0v) is 23.0. The summed E-state index contributed by atoms with van der Waals surface area (Å²) in [5.41, 5.74) is 0.222. The Morgan fingerprint density at radius 3 is 2.42 bits per heavy atom. The molecule has 20 heteroatoms. The van der Waals surface area contributed by atoms with Crippen LogP contribution in [0.1, 0.15) is 22.3 Å². The number of likely N-dealkylation sites (tertiary alicyclic amines) is 2. The Labute approximate surface area is 247 Å². The average Bonchev–Trinajstić information content (AvgIpc) is 3.68. The molecule has 0 spiro atoms. The van der Waals surface area contributed by atoms with E-state index in [4.69, 9.17) is 15.6 Å². The molecule has 0 saturated carbocycles. The number of carbonyl (C=O) groups excluding carboxylic acids is 2. The number of carbonyl (C=O) groups is 3. The van der Waals surface area contributed by atoms with Crippen molar-refractivity contribution in [1.82, 2.24) is 34.7 Å². The smallest absolute Gasteiger partial charge is 0.418 e. The van der Waals surface area contributed by atoms with Crippen LogP contribution in [0.5, 0.6) is 5.88 Å². The quantitative estimate of drug-likeness (QED) is 0.352. The summed E-state index contributed by atoms with van der Waals surface area (Å²) in [6.45, 7) is -3.22. The SMILES string of the molecule is COc1ncc(-c2cc(C(F)(F)F)c3c(N)ncnn23)cc1C(=O)N[C@@H]1CN(C(=O)C2(C(F)(F)F)CCN(C(=O)O)C2)C[C@@H]1F. The molecule has 4 N–H and O–H groups in total. The molecule has 45 heavy (non-hydrogen) atoms. The number of hydrogen-bond acceptors (Lipinski definition) is 8. The van der Waals surface area contributed by atoms with Gasteiger partial charge in [0.2, 0.25) is 11.8 Å². The van der Waals surface area contributed by atoms with Crippen LogP contribution in [0.3, 0.4) is 0 Å². The fourth-order valence-electron chi connectivity index (χ4n) is 5.52. The van der Waals surface area contributed by atoms with E-state index in [1.807, 2.05) is 0 Å². The topological polar surface area (TPSA) is 168 Å². The first-order valence-corrected chi connectivity index (χ1v) is 13.0. The molecule has 1 unspecified atom stereocenters. The number of nitrogen functional groups attached to an aromatic ring is 1. The van der Waals surface area contributed by atoms with Crippen molar-refractivity contribution < 1.29 is 55.0 Å². The molecule has 242 valence electrons. The predicted octanol–water partition coefficient (Wildman–Crippen LogP) is 2.61. The number of rotatable bonds is 5. The van der Waals surface area contributed by atoms with Crippen molar-refractivity contribution in [3.8, 4) is 17.1 Å². The van der Waals surface area contributed by atoms with Crippen molar-refractivity contribution in [1.29, 1.82) is 0 Å². The van der Waals surface area contributed by atoms with Crippen molar-refractivity contribution >= 4 is 29.2 Å². The highest BCUT2D eigenvalue weighted by Gasteiger charge is 2.65.